The molecule has 2 amide bonds. The van der Waals surface area contributed by atoms with E-state index < -0.39 is 0 Å². The number of benzene rings is 2. The largest absolute Gasteiger partial charge is 0.339 e. The zero-order chi connectivity index (χ0) is 20.3. The molecule has 0 unspecified atom stereocenters. The van der Waals surface area contributed by atoms with Gasteiger partial charge in [-0.2, -0.15) is 0 Å². The van der Waals surface area contributed by atoms with E-state index in [-0.39, 0.29) is 17.2 Å². The Morgan fingerprint density at radius 1 is 0.857 bits per heavy atom. The van der Waals surface area contributed by atoms with Gasteiger partial charge in [-0.15, -0.1) is 0 Å². The summed E-state index contributed by atoms with van der Waals surface area (Å²) < 4.78 is 0. The summed E-state index contributed by atoms with van der Waals surface area (Å²) in [5.41, 5.74) is 2.93. The van der Waals surface area contributed by atoms with Gasteiger partial charge in [0, 0.05) is 36.8 Å². The molecule has 0 bridgehead atoms. The maximum absolute atomic E-state index is 12.8. The Balaban J connectivity index is 1.55. The number of nitrogens with zero attached hydrogens (tertiary/aromatic N) is 2. The Labute approximate surface area is 172 Å². The summed E-state index contributed by atoms with van der Waals surface area (Å²) in [5.74, 6) is 0.120. The standard InChI is InChI=1S/C23H27ClN2O2/c1-23(2,3)19-8-6-18(7-9-19)22(28)26-14-12-25(13-15-26)21(27)16-17-4-10-20(24)11-5-17/h4-11H,12-16H2,1-3H3. The van der Waals surface area contributed by atoms with Gasteiger partial charge in [-0.05, 0) is 40.8 Å². The highest BCUT2D eigenvalue weighted by atomic mass is 35.5. The molecule has 0 radical (unpaired) electrons. The van der Waals surface area contributed by atoms with E-state index in [4.69, 9.17) is 11.6 Å². The fourth-order valence-corrected chi connectivity index (χ4v) is 3.47. The van der Waals surface area contributed by atoms with Crippen molar-refractivity contribution in [1.82, 2.24) is 9.80 Å². The molecule has 0 atom stereocenters. The maximum Gasteiger partial charge on any atom is 0.253 e. The molecule has 3 rings (SSSR count). The molecule has 0 aromatic heterocycles. The second-order valence-electron chi connectivity index (χ2n) is 8.30. The van der Waals surface area contributed by atoms with Crippen LogP contribution in [0.2, 0.25) is 5.02 Å². The average Bonchev–Trinajstić information content (AvgIpc) is 2.69. The van der Waals surface area contributed by atoms with E-state index in [0.29, 0.717) is 43.2 Å². The van der Waals surface area contributed by atoms with Gasteiger partial charge in [0.1, 0.15) is 0 Å². The molecule has 4 nitrogen and oxygen atoms in total. The number of amides is 2. The SMILES string of the molecule is CC(C)(C)c1ccc(C(=O)N2CCN(C(=O)Cc3ccc(Cl)cc3)CC2)cc1. The Morgan fingerprint density at radius 2 is 1.39 bits per heavy atom. The second kappa shape index (κ2) is 8.36. The Bertz CT molecular complexity index is 830. The average molecular weight is 399 g/mol. The second-order valence-corrected chi connectivity index (χ2v) is 8.74. The summed E-state index contributed by atoms with van der Waals surface area (Å²) in [5, 5.41) is 0.666. The molecule has 148 valence electrons. The van der Waals surface area contributed by atoms with Crippen LogP contribution >= 0.6 is 11.6 Å². The van der Waals surface area contributed by atoms with Crippen molar-refractivity contribution in [3.8, 4) is 0 Å². The van der Waals surface area contributed by atoms with Crippen molar-refractivity contribution < 1.29 is 9.59 Å². The van der Waals surface area contributed by atoms with Crippen LogP contribution in [0.3, 0.4) is 0 Å². The fourth-order valence-electron chi connectivity index (χ4n) is 3.34. The minimum absolute atomic E-state index is 0.0326. The Morgan fingerprint density at radius 3 is 1.93 bits per heavy atom. The molecule has 0 aliphatic carbocycles. The minimum Gasteiger partial charge on any atom is -0.339 e. The van der Waals surface area contributed by atoms with E-state index in [1.165, 1.54) is 5.56 Å². The summed E-state index contributed by atoms with van der Waals surface area (Å²) in [6, 6.07) is 15.2. The zero-order valence-electron chi connectivity index (χ0n) is 16.7. The van der Waals surface area contributed by atoms with Gasteiger partial charge in [0.05, 0.1) is 6.42 Å². The Hall–Kier alpha value is -2.33. The summed E-state index contributed by atoms with van der Waals surface area (Å²) in [6.07, 6.45) is 0.360. The number of carbonyl (C=O) groups is 2. The smallest absolute Gasteiger partial charge is 0.253 e. The molecular weight excluding hydrogens is 372 g/mol. The number of halogens is 1. The van der Waals surface area contributed by atoms with Crippen LogP contribution in [0.4, 0.5) is 0 Å². The van der Waals surface area contributed by atoms with E-state index in [2.05, 4.69) is 20.8 Å². The monoisotopic (exact) mass is 398 g/mol. The molecule has 2 aromatic rings. The molecule has 5 heteroatoms. The molecular formula is C23H27ClN2O2. The van der Waals surface area contributed by atoms with Gasteiger partial charge in [-0.25, -0.2) is 0 Å². The van der Waals surface area contributed by atoms with E-state index in [1.807, 2.05) is 46.2 Å². The summed E-state index contributed by atoms with van der Waals surface area (Å²) >= 11 is 5.89. The molecule has 1 heterocycles. The Kier molecular flexibility index (Phi) is 6.09. The first-order chi connectivity index (χ1) is 13.2. The van der Waals surface area contributed by atoms with Crippen LogP contribution < -0.4 is 0 Å². The third-order valence-electron chi connectivity index (χ3n) is 5.19. The van der Waals surface area contributed by atoms with Crippen LogP contribution in [0.5, 0.6) is 0 Å². The quantitative estimate of drug-likeness (QED) is 0.778. The summed E-state index contributed by atoms with van der Waals surface area (Å²) in [6.45, 7) is 8.73. The molecule has 1 saturated heterocycles. The number of piperazine rings is 1. The molecule has 0 spiro atoms. The zero-order valence-corrected chi connectivity index (χ0v) is 17.5. The topological polar surface area (TPSA) is 40.6 Å². The van der Waals surface area contributed by atoms with Crippen molar-refractivity contribution >= 4 is 23.4 Å². The van der Waals surface area contributed by atoms with E-state index >= 15 is 0 Å². The van der Waals surface area contributed by atoms with Gasteiger partial charge in [0.15, 0.2) is 0 Å². The van der Waals surface area contributed by atoms with Crippen LogP contribution in [0.1, 0.15) is 42.3 Å². The predicted molar refractivity (Wildman–Crippen MR) is 113 cm³/mol. The van der Waals surface area contributed by atoms with Gasteiger partial charge in [-0.1, -0.05) is 56.6 Å². The molecule has 2 aromatic carbocycles. The predicted octanol–water partition coefficient (Wildman–Crippen LogP) is 4.16. The van der Waals surface area contributed by atoms with E-state index in [9.17, 15) is 9.59 Å². The first kappa shape index (κ1) is 20.4. The molecule has 28 heavy (non-hydrogen) atoms. The van der Waals surface area contributed by atoms with Gasteiger partial charge >= 0.3 is 0 Å². The first-order valence-corrected chi connectivity index (χ1v) is 10.0. The molecule has 1 aliphatic heterocycles. The van der Waals surface area contributed by atoms with Crippen molar-refractivity contribution in [3.63, 3.8) is 0 Å². The van der Waals surface area contributed by atoms with E-state index in [1.54, 1.807) is 12.1 Å². The summed E-state index contributed by atoms with van der Waals surface area (Å²) in [7, 11) is 0. The van der Waals surface area contributed by atoms with Crippen molar-refractivity contribution in [2.45, 2.75) is 32.6 Å². The molecule has 0 N–H and O–H groups in total. The molecule has 0 saturated carbocycles. The van der Waals surface area contributed by atoms with Gasteiger partial charge < -0.3 is 9.80 Å². The third kappa shape index (κ3) is 4.93. The van der Waals surface area contributed by atoms with Crippen LogP contribution in [0.15, 0.2) is 48.5 Å². The van der Waals surface area contributed by atoms with Gasteiger partial charge in [-0.3, -0.25) is 9.59 Å². The van der Waals surface area contributed by atoms with Gasteiger partial charge in [0.25, 0.3) is 5.91 Å². The fraction of sp³-hybridized carbons (Fsp3) is 0.391. The van der Waals surface area contributed by atoms with Crippen LogP contribution in [0, 0.1) is 0 Å². The lowest BCUT2D eigenvalue weighted by molar-refractivity contribution is -0.131. The van der Waals surface area contributed by atoms with Crippen molar-refractivity contribution in [3.05, 3.63) is 70.2 Å². The lowest BCUT2D eigenvalue weighted by Crippen LogP contribution is -2.51. The third-order valence-corrected chi connectivity index (χ3v) is 5.44. The molecule has 1 fully saturated rings. The number of carbonyl (C=O) groups excluding carboxylic acids is 2. The molecule has 1 aliphatic rings. The lowest BCUT2D eigenvalue weighted by Gasteiger charge is -2.35. The number of rotatable bonds is 3. The highest BCUT2D eigenvalue weighted by Gasteiger charge is 2.25. The maximum atomic E-state index is 12.8. The summed E-state index contributed by atoms with van der Waals surface area (Å²) in [4.78, 5) is 29.0. The highest BCUT2D eigenvalue weighted by Crippen LogP contribution is 2.22. The number of hydrogen-bond acceptors (Lipinski definition) is 2. The van der Waals surface area contributed by atoms with Crippen LogP contribution in [-0.2, 0) is 16.6 Å². The normalized spacial score (nSPS) is 14.9. The highest BCUT2D eigenvalue weighted by molar-refractivity contribution is 6.30. The van der Waals surface area contributed by atoms with Gasteiger partial charge in [0.2, 0.25) is 5.91 Å². The van der Waals surface area contributed by atoms with Crippen molar-refractivity contribution in [2.24, 2.45) is 0 Å². The lowest BCUT2D eigenvalue weighted by atomic mass is 9.86. The van der Waals surface area contributed by atoms with E-state index in [0.717, 1.165) is 5.56 Å². The van der Waals surface area contributed by atoms with Crippen LogP contribution in [0.25, 0.3) is 0 Å². The first-order valence-electron chi connectivity index (χ1n) is 9.66. The number of hydrogen-bond donors (Lipinski definition) is 0. The van der Waals surface area contributed by atoms with Crippen molar-refractivity contribution in [2.75, 3.05) is 26.2 Å². The minimum atomic E-state index is 0.0326. The van der Waals surface area contributed by atoms with Crippen molar-refractivity contribution in [1.29, 1.82) is 0 Å². The van der Waals surface area contributed by atoms with Crippen LogP contribution in [-0.4, -0.2) is 47.8 Å².